The van der Waals surface area contributed by atoms with Crippen LogP contribution in [0.25, 0.3) is 0 Å². The number of likely N-dealkylation sites (tertiary alicyclic amines) is 2. The Morgan fingerprint density at radius 3 is 2.60 bits per heavy atom. The fourth-order valence-electron chi connectivity index (χ4n) is 8.25. The van der Waals surface area contributed by atoms with Crippen molar-refractivity contribution < 1.29 is 19.1 Å². The van der Waals surface area contributed by atoms with Crippen LogP contribution in [0.15, 0.2) is 36.4 Å². The highest BCUT2D eigenvalue weighted by molar-refractivity contribution is 6.02. The summed E-state index contributed by atoms with van der Waals surface area (Å²) in [5, 5.41) is 6.39. The van der Waals surface area contributed by atoms with Gasteiger partial charge in [-0.2, -0.15) is 0 Å². The summed E-state index contributed by atoms with van der Waals surface area (Å²) in [5.74, 6) is -0.234. The fourth-order valence-corrected chi connectivity index (χ4v) is 8.25. The molecule has 0 aromatic heterocycles. The molecule has 42 heavy (non-hydrogen) atoms. The monoisotopic (exact) mass is 576 g/mol. The molecule has 3 amide bonds. The van der Waals surface area contributed by atoms with E-state index >= 15 is 0 Å². The van der Waals surface area contributed by atoms with Gasteiger partial charge < -0.3 is 25.2 Å². The second-order valence-corrected chi connectivity index (χ2v) is 13.9. The van der Waals surface area contributed by atoms with Crippen molar-refractivity contribution in [2.75, 3.05) is 31.5 Å². The van der Waals surface area contributed by atoms with E-state index in [2.05, 4.69) is 36.3 Å². The normalized spacial score (nSPS) is 36.3. The molecule has 8 nitrogen and oxygen atoms in total. The van der Waals surface area contributed by atoms with E-state index in [1.807, 2.05) is 43.3 Å². The van der Waals surface area contributed by atoms with Gasteiger partial charge in [0, 0.05) is 18.3 Å². The molecule has 4 fully saturated rings. The molecule has 1 saturated carbocycles. The van der Waals surface area contributed by atoms with E-state index in [1.165, 1.54) is 19.3 Å². The number of rotatable bonds is 8. The van der Waals surface area contributed by atoms with Gasteiger partial charge in [-0.1, -0.05) is 57.9 Å². The first kappa shape index (κ1) is 29.4. The molecule has 8 atom stereocenters. The van der Waals surface area contributed by atoms with Crippen LogP contribution in [0.4, 0.5) is 5.69 Å². The number of fused-ring (bicyclic) bond motifs is 1. The predicted octanol–water partition coefficient (Wildman–Crippen LogP) is 4.15. The number of nitrogens with zero attached hydrogens (tertiary/aromatic N) is 2. The Balaban J connectivity index is 1.24. The predicted molar refractivity (Wildman–Crippen MR) is 163 cm³/mol. The highest BCUT2D eigenvalue weighted by Gasteiger charge is 2.72. The van der Waals surface area contributed by atoms with Crippen molar-refractivity contribution >= 4 is 23.4 Å². The highest BCUT2D eigenvalue weighted by atomic mass is 16.5. The molecule has 5 aliphatic rings. The molecule has 3 saturated heterocycles. The maximum atomic E-state index is 14.3. The number of carbonyl (C=O) groups is 3. The van der Waals surface area contributed by atoms with Crippen LogP contribution in [-0.4, -0.2) is 77.5 Å². The van der Waals surface area contributed by atoms with Gasteiger partial charge in [0.15, 0.2) is 0 Å². The quantitative estimate of drug-likeness (QED) is 0.454. The number of anilines is 1. The molecule has 6 rings (SSSR count). The van der Waals surface area contributed by atoms with E-state index in [1.54, 1.807) is 4.90 Å². The van der Waals surface area contributed by atoms with E-state index < -0.39 is 29.6 Å². The second kappa shape index (κ2) is 11.8. The Morgan fingerprint density at radius 2 is 1.83 bits per heavy atom. The summed E-state index contributed by atoms with van der Waals surface area (Å²) in [7, 11) is 0. The number of piperidine rings is 1. The minimum Gasteiger partial charge on any atom is -0.359 e. The number of nitrogens with one attached hydrogen (secondary N) is 2. The van der Waals surface area contributed by atoms with Crippen LogP contribution >= 0.6 is 0 Å². The number of carbonyl (C=O) groups excluding carboxylic acids is 3. The number of ether oxygens (including phenoxy) is 1. The molecular weight excluding hydrogens is 528 g/mol. The third-order valence-electron chi connectivity index (χ3n) is 11.0. The average Bonchev–Trinajstić information content (AvgIpc) is 3.60. The minimum atomic E-state index is -1.12. The third kappa shape index (κ3) is 5.30. The Labute approximate surface area is 250 Å². The van der Waals surface area contributed by atoms with Crippen molar-refractivity contribution in [1.29, 1.82) is 0 Å². The topological polar surface area (TPSA) is 91.0 Å². The lowest BCUT2D eigenvalue weighted by Crippen LogP contribution is -2.58. The Bertz CT molecular complexity index is 1230. The van der Waals surface area contributed by atoms with Gasteiger partial charge in [-0.15, -0.1) is 0 Å². The van der Waals surface area contributed by atoms with Gasteiger partial charge in [0.2, 0.25) is 17.7 Å². The standard InChI is InChI=1S/C34H48N4O4/c1-21-13-18-37(19-14-21)16-7-17-38-30(32(40)36-26-11-6-9-23(3)24(26)4)34-15-12-27(42-34)28(29(34)33(38)41)31(39)35-25-10-5-8-22(2)20-25/h5,8,10,12,15,20-21,23-24,26-30H,6-7,9,11,13-14,16-19H2,1-4H3,(H,35,39)(H,36,40)/t23-,24+,26-,27+,28-,29+,30+,34+/m1/s1. The summed E-state index contributed by atoms with van der Waals surface area (Å²) < 4.78 is 6.55. The van der Waals surface area contributed by atoms with Crippen molar-refractivity contribution in [2.45, 2.75) is 90.0 Å². The molecule has 1 aromatic rings. The number of hydrogen-bond donors (Lipinski definition) is 2. The summed E-state index contributed by atoms with van der Waals surface area (Å²) in [6, 6.07) is 6.96. The molecule has 1 aliphatic carbocycles. The first-order valence-electron chi connectivity index (χ1n) is 16.3. The SMILES string of the molecule is Cc1cccc(NC(=O)[C@@H]2[C@@H]3C=C[C@]4(O3)[C@@H]2C(=O)N(CCCN2CCC(C)CC2)[C@H]4C(=O)N[C@@H]2CCC[C@@H](C)[C@@H]2C)c1. The zero-order chi connectivity index (χ0) is 29.6. The number of benzene rings is 1. The summed E-state index contributed by atoms with van der Waals surface area (Å²) >= 11 is 0. The van der Waals surface area contributed by atoms with Crippen molar-refractivity contribution in [3.8, 4) is 0 Å². The molecule has 228 valence electrons. The number of hydrogen-bond acceptors (Lipinski definition) is 5. The molecule has 4 heterocycles. The van der Waals surface area contributed by atoms with Gasteiger partial charge in [-0.25, -0.2) is 0 Å². The molecule has 0 radical (unpaired) electrons. The van der Waals surface area contributed by atoms with Crippen molar-refractivity contribution in [3.05, 3.63) is 42.0 Å². The Morgan fingerprint density at radius 1 is 1.05 bits per heavy atom. The van der Waals surface area contributed by atoms with Crippen LogP contribution in [0.2, 0.25) is 0 Å². The second-order valence-electron chi connectivity index (χ2n) is 13.9. The first-order valence-corrected chi connectivity index (χ1v) is 16.3. The first-order chi connectivity index (χ1) is 20.2. The van der Waals surface area contributed by atoms with Gasteiger partial charge in [0.05, 0.1) is 17.9 Å². The smallest absolute Gasteiger partial charge is 0.246 e. The lowest BCUT2D eigenvalue weighted by Gasteiger charge is -2.38. The van der Waals surface area contributed by atoms with Crippen LogP contribution in [0.5, 0.6) is 0 Å². The zero-order valence-corrected chi connectivity index (χ0v) is 25.7. The van der Waals surface area contributed by atoms with Gasteiger partial charge in [-0.05, 0) is 87.7 Å². The Kier molecular flexibility index (Phi) is 8.22. The van der Waals surface area contributed by atoms with Crippen LogP contribution in [-0.2, 0) is 19.1 Å². The van der Waals surface area contributed by atoms with Crippen molar-refractivity contribution in [3.63, 3.8) is 0 Å². The van der Waals surface area contributed by atoms with Crippen LogP contribution in [0, 0.1) is 36.5 Å². The number of amides is 3. The van der Waals surface area contributed by atoms with E-state index in [4.69, 9.17) is 4.74 Å². The molecule has 4 aliphatic heterocycles. The average molecular weight is 577 g/mol. The van der Waals surface area contributed by atoms with E-state index in [0.29, 0.717) is 24.1 Å². The van der Waals surface area contributed by atoms with E-state index in [9.17, 15) is 14.4 Å². The minimum absolute atomic E-state index is 0.0759. The molecular formula is C34H48N4O4. The maximum Gasteiger partial charge on any atom is 0.246 e. The van der Waals surface area contributed by atoms with Crippen LogP contribution < -0.4 is 10.6 Å². The number of aryl methyl sites for hydroxylation is 1. The largest absolute Gasteiger partial charge is 0.359 e. The maximum absolute atomic E-state index is 14.3. The molecule has 1 spiro atoms. The lowest BCUT2D eigenvalue weighted by atomic mass is 9.73. The summed E-state index contributed by atoms with van der Waals surface area (Å²) in [4.78, 5) is 46.5. The van der Waals surface area contributed by atoms with E-state index in [-0.39, 0.29) is 23.8 Å². The fraction of sp³-hybridized carbons (Fsp3) is 0.676. The molecule has 2 bridgehead atoms. The van der Waals surface area contributed by atoms with Crippen molar-refractivity contribution in [1.82, 2.24) is 15.1 Å². The third-order valence-corrected chi connectivity index (χ3v) is 11.0. The summed E-state index contributed by atoms with van der Waals surface area (Å²) in [5.41, 5.74) is 0.626. The van der Waals surface area contributed by atoms with Crippen LogP contribution in [0.1, 0.15) is 64.9 Å². The molecule has 1 aromatic carbocycles. The Hall–Kier alpha value is -2.71. The van der Waals surface area contributed by atoms with Gasteiger partial charge in [0.25, 0.3) is 0 Å². The van der Waals surface area contributed by atoms with Gasteiger partial charge in [0.1, 0.15) is 11.6 Å². The van der Waals surface area contributed by atoms with Crippen molar-refractivity contribution in [2.24, 2.45) is 29.6 Å². The van der Waals surface area contributed by atoms with E-state index in [0.717, 1.165) is 50.4 Å². The van der Waals surface area contributed by atoms with Gasteiger partial charge in [-0.3, -0.25) is 14.4 Å². The zero-order valence-electron chi connectivity index (χ0n) is 25.7. The van der Waals surface area contributed by atoms with Crippen LogP contribution in [0.3, 0.4) is 0 Å². The summed E-state index contributed by atoms with van der Waals surface area (Å²) in [6.07, 6.45) is 9.70. The summed E-state index contributed by atoms with van der Waals surface area (Å²) in [6.45, 7) is 12.3. The lowest BCUT2D eigenvalue weighted by molar-refractivity contribution is -0.141. The molecule has 8 heteroatoms. The molecule has 0 unspecified atom stereocenters. The van der Waals surface area contributed by atoms with Gasteiger partial charge >= 0.3 is 0 Å². The molecule has 2 N–H and O–H groups in total. The highest BCUT2D eigenvalue weighted by Crippen LogP contribution is 2.55.